The van der Waals surface area contributed by atoms with E-state index in [-0.39, 0.29) is 5.91 Å². The van der Waals surface area contributed by atoms with Crippen LogP contribution in [-0.2, 0) is 14.3 Å². The van der Waals surface area contributed by atoms with E-state index < -0.39 is 12.0 Å². The summed E-state index contributed by atoms with van der Waals surface area (Å²) in [6.45, 7) is 0.752. The molecule has 0 aromatic rings. The van der Waals surface area contributed by atoms with Gasteiger partial charge in [-0.3, -0.25) is 4.79 Å². The van der Waals surface area contributed by atoms with Gasteiger partial charge in [0.15, 0.2) is 0 Å². The summed E-state index contributed by atoms with van der Waals surface area (Å²) in [5.74, 6) is -1.00. The van der Waals surface area contributed by atoms with Crippen molar-refractivity contribution in [2.45, 2.75) is 25.3 Å². The number of carbonyl (C=O) groups excluding carboxylic acids is 1. The van der Waals surface area contributed by atoms with E-state index in [9.17, 15) is 9.59 Å². The summed E-state index contributed by atoms with van der Waals surface area (Å²) in [4.78, 5) is 23.7. The van der Waals surface area contributed by atoms with Gasteiger partial charge in [-0.25, -0.2) is 4.79 Å². The maximum absolute atomic E-state index is 11.4. The highest BCUT2D eigenvalue weighted by molar-refractivity contribution is 5.84. The van der Waals surface area contributed by atoms with E-state index in [4.69, 9.17) is 9.84 Å². The fraction of sp³-hybridized carbons (Fsp3) is 0.778. The average Bonchev–Trinajstić information content (AvgIpc) is 2.15. The Hall–Kier alpha value is -1.10. The van der Waals surface area contributed by atoms with Gasteiger partial charge in [-0.05, 0) is 12.8 Å². The summed E-state index contributed by atoms with van der Waals surface area (Å²) in [5, 5.41) is 8.89. The molecule has 14 heavy (non-hydrogen) atoms. The van der Waals surface area contributed by atoms with Crippen molar-refractivity contribution in [3.63, 3.8) is 0 Å². The third-order valence-corrected chi connectivity index (χ3v) is 2.39. The van der Waals surface area contributed by atoms with Gasteiger partial charge in [0.1, 0.15) is 6.04 Å². The number of piperidine rings is 1. The maximum Gasteiger partial charge on any atom is 0.326 e. The van der Waals surface area contributed by atoms with Gasteiger partial charge in [0, 0.05) is 20.1 Å². The molecule has 0 aliphatic carbocycles. The zero-order valence-corrected chi connectivity index (χ0v) is 8.23. The molecule has 1 atom stereocenters. The molecule has 0 radical (unpaired) electrons. The van der Waals surface area contributed by atoms with Crippen LogP contribution >= 0.6 is 0 Å². The molecule has 0 bridgehead atoms. The van der Waals surface area contributed by atoms with Crippen molar-refractivity contribution >= 4 is 11.9 Å². The number of carboxylic acid groups (broad SMARTS) is 1. The van der Waals surface area contributed by atoms with Crippen LogP contribution in [0.1, 0.15) is 19.3 Å². The van der Waals surface area contributed by atoms with Crippen LogP contribution in [0.15, 0.2) is 0 Å². The van der Waals surface area contributed by atoms with E-state index >= 15 is 0 Å². The summed E-state index contributed by atoms with van der Waals surface area (Å²) >= 11 is 0. The maximum atomic E-state index is 11.4. The Morgan fingerprint density at radius 3 is 3.00 bits per heavy atom. The van der Waals surface area contributed by atoms with E-state index in [0.717, 1.165) is 0 Å². The van der Waals surface area contributed by atoms with Crippen LogP contribution in [0.25, 0.3) is 0 Å². The summed E-state index contributed by atoms with van der Waals surface area (Å²) < 4.78 is 4.83. The first-order valence-electron chi connectivity index (χ1n) is 4.68. The van der Waals surface area contributed by atoms with Crippen LogP contribution in [0.3, 0.4) is 0 Å². The smallest absolute Gasteiger partial charge is 0.326 e. The fourth-order valence-electron chi connectivity index (χ4n) is 1.65. The first-order valence-corrected chi connectivity index (χ1v) is 4.68. The number of rotatable bonds is 4. The number of hydrogen-bond acceptors (Lipinski definition) is 3. The third kappa shape index (κ3) is 2.45. The molecule has 1 heterocycles. The standard InChI is InChI=1S/C9H15NO4/c1-14-6-5-10-7(9(12)13)3-2-4-8(10)11/h7H,2-6H2,1H3,(H,12,13). The van der Waals surface area contributed by atoms with Crippen molar-refractivity contribution in [1.82, 2.24) is 4.90 Å². The molecule has 0 aromatic carbocycles. The molecular formula is C9H15NO4. The summed E-state index contributed by atoms with van der Waals surface area (Å²) in [6, 6.07) is -0.661. The van der Waals surface area contributed by atoms with Crippen molar-refractivity contribution in [3.8, 4) is 0 Å². The van der Waals surface area contributed by atoms with Crippen molar-refractivity contribution < 1.29 is 19.4 Å². The Morgan fingerprint density at radius 2 is 2.43 bits per heavy atom. The number of carboxylic acids is 1. The summed E-state index contributed by atoms with van der Waals surface area (Å²) in [5.41, 5.74) is 0. The Balaban J connectivity index is 2.61. The van der Waals surface area contributed by atoms with Crippen LogP contribution in [0.2, 0.25) is 0 Å². The van der Waals surface area contributed by atoms with E-state index in [1.807, 2.05) is 0 Å². The highest BCUT2D eigenvalue weighted by atomic mass is 16.5. The summed E-state index contributed by atoms with van der Waals surface area (Å²) in [7, 11) is 1.53. The van der Waals surface area contributed by atoms with Crippen LogP contribution in [0.4, 0.5) is 0 Å². The van der Waals surface area contributed by atoms with E-state index in [1.165, 1.54) is 12.0 Å². The number of hydrogen-bond donors (Lipinski definition) is 1. The number of methoxy groups -OCH3 is 1. The molecule has 5 heteroatoms. The molecule has 0 spiro atoms. The Labute approximate surface area is 82.6 Å². The SMILES string of the molecule is COCCN1C(=O)CCCC1C(=O)O. The second-order valence-corrected chi connectivity index (χ2v) is 3.33. The quantitative estimate of drug-likeness (QED) is 0.700. The minimum Gasteiger partial charge on any atom is -0.480 e. The van der Waals surface area contributed by atoms with Crippen LogP contribution < -0.4 is 0 Å². The molecule has 80 valence electrons. The molecule has 1 aliphatic rings. The number of likely N-dealkylation sites (tertiary alicyclic amines) is 1. The molecule has 1 N–H and O–H groups in total. The van der Waals surface area contributed by atoms with Crippen molar-refractivity contribution in [2.24, 2.45) is 0 Å². The van der Waals surface area contributed by atoms with E-state index in [2.05, 4.69) is 0 Å². The highest BCUT2D eigenvalue weighted by Crippen LogP contribution is 2.17. The molecule has 1 rings (SSSR count). The first-order chi connectivity index (χ1) is 6.66. The lowest BCUT2D eigenvalue weighted by Crippen LogP contribution is -2.49. The number of aliphatic carboxylic acids is 1. The zero-order valence-electron chi connectivity index (χ0n) is 8.23. The Bertz CT molecular complexity index is 229. The average molecular weight is 201 g/mol. The van der Waals surface area contributed by atoms with Gasteiger partial charge in [0.2, 0.25) is 5.91 Å². The Kier molecular flexibility index (Phi) is 3.88. The zero-order chi connectivity index (χ0) is 10.6. The van der Waals surface area contributed by atoms with Gasteiger partial charge in [-0.1, -0.05) is 0 Å². The molecule has 1 amide bonds. The summed E-state index contributed by atoms with van der Waals surface area (Å²) in [6.07, 6.45) is 1.66. The molecule has 0 aromatic heterocycles. The molecular weight excluding hydrogens is 186 g/mol. The van der Waals surface area contributed by atoms with Crippen molar-refractivity contribution in [1.29, 1.82) is 0 Å². The lowest BCUT2D eigenvalue weighted by molar-refractivity contribution is -0.153. The highest BCUT2D eigenvalue weighted by Gasteiger charge is 2.32. The molecule has 1 aliphatic heterocycles. The monoisotopic (exact) mass is 201 g/mol. The Morgan fingerprint density at radius 1 is 1.71 bits per heavy atom. The second-order valence-electron chi connectivity index (χ2n) is 3.33. The first kappa shape index (κ1) is 11.0. The lowest BCUT2D eigenvalue weighted by atomic mass is 10.0. The van der Waals surface area contributed by atoms with Gasteiger partial charge in [-0.15, -0.1) is 0 Å². The number of nitrogens with zero attached hydrogens (tertiary/aromatic N) is 1. The number of amides is 1. The third-order valence-electron chi connectivity index (χ3n) is 2.39. The number of ether oxygens (including phenoxy) is 1. The fourth-order valence-corrected chi connectivity index (χ4v) is 1.65. The van der Waals surface area contributed by atoms with Gasteiger partial charge in [-0.2, -0.15) is 0 Å². The van der Waals surface area contributed by atoms with E-state index in [1.54, 1.807) is 0 Å². The minimum absolute atomic E-state index is 0.0827. The molecule has 1 saturated heterocycles. The normalized spacial score (nSPS) is 22.5. The predicted octanol–water partition coefficient (Wildman–Crippen LogP) is 0.0985. The van der Waals surface area contributed by atoms with Gasteiger partial charge in [0.25, 0.3) is 0 Å². The van der Waals surface area contributed by atoms with Crippen LogP contribution in [-0.4, -0.2) is 48.2 Å². The van der Waals surface area contributed by atoms with Crippen LogP contribution in [0, 0.1) is 0 Å². The molecule has 1 fully saturated rings. The van der Waals surface area contributed by atoms with E-state index in [0.29, 0.717) is 32.4 Å². The number of carbonyl (C=O) groups is 2. The van der Waals surface area contributed by atoms with Gasteiger partial charge in [0.05, 0.1) is 6.61 Å². The van der Waals surface area contributed by atoms with Crippen LogP contribution in [0.5, 0.6) is 0 Å². The lowest BCUT2D eigenvalue weighted by Gasteiger charge is -2.32. The topological polar surface area (TPSA) is 66.8 Å². The van der Waals surface area contributed by atoms with Crippen molar-refractivity contribution in [2.75, 3.05) is 20.3 Å². The largest absolute Gasteiger partial charge is 0.480 e. The second kappa shape index (κ2) is 4.95. The minimum atomic E-state index is -0.922. The molecule has 0 saturated carbocycles. The van der Waals surface area contributed by atoms with Gasteiger partial charge < -0.3 is 14.7 Å². The molecule has 5 nitrogen and oxygen atoms in total. The van der Waals surface area contributed by atoms with Crippen molar-refractivity contribution in [3.05, 3.63) is 0 Å². The predicted molar refractivity (Wildman–Crippen MR) is 48.9 cm³/mol. The van der Waals surface area contributed by atoms with Gasteiger partial charge >= 0.3 is 5.97 Å². The molecule has 1 unspecified atom stereocenters.